The minimum absolute atomic E-state index is 0.396. The molecule has 4 heteroatoms. The molecular weight excluding hydrogens is 210 g/mol. The Morgan fingerprint density at radius 1 is 1.27 bits per heavy atom. The lowest BCUT2D eigenvalue weighted by Crippen LogP contribution is -2.37. The van der Waals surface area contributed by atoms with Crippen LogP contribution in [0.25, 0.3) is 0 Å². The van der Waals surface area contributed by atoms with Crippen LogP contribution in [0.1, 0.15) is 20.8 Å². The highest BCUT2D eigenvalue weighted by Crippen LogP contribution is 2.08. The first-order valence-electron chi connectivity index (χ1n) is 5.54. The number of hydrogen-bond donors (Lipinski definition) is 2. The monoisotopic (exact) mass is 235 g/mol. The molecule has 0 aliphatic heterocycles. The van der Waals surface area contributed by atoms with Gasteiger partial charge in [-0.05, 0) is 18.6 Å². The van der Waals surface area contributed by atoms with Crippen molar-refractivity contribution >= 4 is 11.8 Å². The molecule has 0 aliphatic carbocycles. The van der Waals surface area contributed by atoms with Crippen LogP contribution in [0.2, 0.25) is 0 Å². The summed E-state index contributed by atoms with van der Waals surface area (Å²) in [6.45, 7) is 7.61. The molecule has 0 saturated heterocycles. The quantitative estimate of drug-likeness (QED) is 0.633. The Morgan fingerprint density at radius 2 is 1.93 bits per heavy atom. The lowest BCUT2D eigenvalue weighted by molar-refractivity contribution is 0.0635. The van der Waals surface area contributed by atoms with E-state index in [9.17, 15) is 5.11 Å². The molecular formula is C11H25NO2S. The van der Waals surface area contributed by atoms with Gasteiger partial charge in [-0.25, -0.2) is 0 Å². The Balaban J connectivity index is 3.36. The molecule has 92 valence electrons. The van der Waals surface area contributed by atoms with Crippen LogP contribution in [0, 0.1) is 5.92 Å². The standard InChI is InChI=1S/C11H25NO2S/c1-9(2)7-15-8-10(3)12-5-11(13)6-14-4/h9-13H,5-8H2,1-4H3. The third kappa shape index (κ3) is 10.5. The number of aliphatic hydroxyl groups is 1. The van der Waals surface area contributed by atoms with Crippen LogP contribution in [0.15, 0.2) is 0 Å². The second-order valence-corrected chi connectivity index (χ2v) is 5.42. The fraction of sp³-hybridized carbons (Fsp3) is 1.00. The summed E-state index contributed by atoms with van der Waals surface area (Å²) in [6, 6.07) is 0.445. The second-order valence-electron chi connectivity index (χ2n) is 4.35. The first-order chi connectivity index (χ1) is 7.06. The van der Waals surface area contributed by atoms with Crippen LogP contribution in [0.4, 0.5) is 0 Å². The second kappa shape index (κ2) is 9.46. The number of rotatable bonds is 9. The van der Waals surface area contributed by atoms with E-state index in [0.717, 1.165) is 11.7 Å². The van der Waals surface area contributed by atoms with Gasteiger partial charge >= 0.3 is 0 Å². The molecule has 0 aromatic heterocycles. The molecule has 0 saturated carbocycles. The maximum Gasteiger partial charge on any atom is 0.0897 e. The highest BCUT2D eigenvalue weighted by atomic mass is 32.2. The zero-order chi connectivity index (χ0) is 11.7. The SMILES string of the molecule is COCC(O)CNC(C)CSCC(C)C. The average Bonchev–Trinajstić information content (AvgIpc) is 2.14. The minimum atomic E-state index is -0.396. The van der Waals surface area contributed by atoms with Gasteiger partial charge in [0.1, 0.15) is 0 Å². The van der Waals surface area contributed by atoms with E-state index < -0.39 is 6.10 Å². The van der Waals surface area contributed by atoms with Crippen molar-refractivity contribution in [3.63, 3.8) is 0 Å². The third-order valence-electron chi connectivity index (χ3n) is 1.88. The van der Waals surface area contributed by atoms with Crippen molar-refractivity contribution in [2.24, 2.45) is 5.92 Å². The topological polar surface area (TPSA) is 41.5 Å². The Labute approximate surface area is 98.0 Å². The van der Waals surface area contributed by atoms with E-state index in [-0.39, 0.29) is 0 Å². The molecule has 0 aromatic carbocycles. The van der Waals surface area contributed by atoms with E-state index in [0.29, 0.717) is 19.2 Å². The van der Waals surface area contributed by atoms with Crippen LogP contribution in [-0.2, 0) is 4.74 Å². The lowest BCUT2D eigenvalue weighted by atomic mass is 10.3. The fourth-order valence-electron chi connectivity index (χ4n) is 1.13. The summed E-state index contributed by atoms with van der Waals surface area (Å²) < 4.78 is 4.85. The van der Waals surface area contributed by atoms with Crippen molar-refractivity contribution in [3.8, 4) is 0 Å². The molecule has 2 atom stereocenters. The summed E-state index contributed by atoms with van der Waals surface area (Å²) in [5.41, 5.74) is 0. The molecule has 2 unspecified atom stereocenters. The molecule has 0 aromatic rings. The van der Waals surface area contributed by atoms with E-state index in [1.807, 2.05) is 11.8 Å². The maximum absolute atomic E-state index is 9.42. The summed E-state index contributed by atoms with van der Waals surface area (Å²) >= 11 is 1.96. The Hall–Kier alpha value is 0.230. The molecule has 0 fully saturated rings. The zero-order valence-electron chi connectivity index (χ0n) is 10.3. The van der Waals surface area contributed by atoms with Gasteiger partial charge in [0.25, 0.3) is 0 Å². The van der Waals surface area contributed by atoms with Gasteiger partial charge < -0.3 is 15.2 Å². The average molecular weight is 235 g/mol. The molecule has 0 radical (unpaired) electrons. The first-order valence-corrected chi connectivity index (χ1v) is 6.69. The predicted octanol–water partition coefficient (Wildman–Crippen LogP) is 1.36. The molecule has 15 heavy (non-hydrogen) atoms. The van der Waals surface area contributed by atoms with Gasteiger partial charge in [0.05, 0.1) is 12.7 Å². The highest BCUT2D eigenvalue weighted by molar-refractivity contribution is 7.99. The Bertz CT molecular complexity index is 145. The number of ether oxygens (including phenoxy) is 1. The molecule has 0 heterocycles. The van der Waals surface area contributed by atoms with Crippen LogP contribution in [0.3, 0.4) is 0 Å². The Morgan fingerprint density at radius 3 is 2.47 bits per heavy atom. The van der Waals surface area contributed by atoms with Crippen molar-refractivity contribution in [3.05, 3.63) is 0 Å². The van der Waals surface area contributed by atoms with Gasteiger partial charge in [-0.2, -0.15) is 11.8 Å². The van der Waals surface area contributed by atoms with Crippen LogP contribution in [0.5, 0.6) is 0 Å². The summed E-state index contributed by atoms with van der Waals surface area (Å²) in [5, 5.41) is 12.7. The largest absolute Gasteiger partial charge is 0.389 e. The normalized spacial score (nSPS) is 15.6. The highest BCUT2D eigenvalue weighted by Gasteiger charge is 2.06. The van der Waals surface area contributed by atoms with Gasteiger partial charge in [0, 0.05) is 25.4 Å². The van der Waals surface area contributed by atoms with Gasteiger partial charge in [-0.1, -0.05) is 13.8 Å². The zero-order valence-corrected chi connectivity index (χ0v) is 11.1. The maximum atomic E-state index is 9.42. The molecule has 2 N–H and O–H groups in total. The van der Waals surface area contributed by atoms with E-state index in [1.54, 1.807) is 7.11 Å². The summed E-state index contributed by atoms with van der Waals surface area (Å²) in [6.07, 6.45) is -0.396. The van der Waals surface area contributed by atoms with Crippen molar-refractivity contribution in [1.82, 2.24) is 5.32 Å². The van der Waals surface area contributed by atoms with Crippen LogP contribution >= 0.6 is 11.8 Å². The molecule has 0 rings (SSSR count). The Kier molecular flexibility index (Phi) is 9.60. The van der Waals surface area contributed by atoms with Crippen molar-refractivity contribution in [2.75, 3.05) is 31.8 Å². The fourth-order valence-corrected chi connectivity index (χ4v) is 2.21. The van der Waals surface area contributed by atoms with Gasteiger partial charge in [-0.3, -0.25) is 0 Å². The van der Waals surface area contributed by atoms with Gasteiger partial charge in [0.15, 0.2) is 0 Å². The summed E-state index contributed by atoms with van der Waals surface area (Å²) in [7, 11) is 1.60. The molecule has 3 nitrogen and oxygen atoms in total. The number of methoxy groups -OCH3 is 1. The third-order valence-corrected chi connectivity index (χ3v) is 3.52. The molecule has 0 aliphatic rings. The van der Waals surface area contributed by atoms with Crippen molar-refractivity contribution in [1.29, 1.82) is 0 Å². The van der Waals surface area contributed by atoms with Crippen LogP contribution in [-0.4, -0.2) is 49.0 Å². The van der Waals surface area contributed by atoms with Crippen molar-refractivity contribution < 1.29 is 9.84 Å². The first kappa shape index (κ1) is 15.2. The number of nitrogens with one attached hydrogen (secondary N) is 1. The van der Waals surface area contributed by atoms with E-state index in [4.69, 9.17) is 4.74 Å². The predicted molar refractivity (Wildman–Crippen MR) is 67.5 cm³/mol. The van der Waals surface area contributed by atoms with E-state index in [1.165, 1.54) is 5.75 Å². The number of aliphatic hydroxyl groups excluding tert-OH is 1. The van der Waals surface area contributed by atoms with Gasteiger partial charge in [0.2, 0.25) is 0 Å². The minimum Gasteiger partial charge on any atom is -0.389 e. The number of thioether (sulfide) groups is 1. The van der Waals surface area contributed by atoms with Crippen LogP contribution < -0.4 is 5.32 Å². The molecule has 0 bridgehead atoms. The lowest BCUT2D eigenvalue weighted by Gasteiger charge is -2.16. The smallest absolute Gasteiger partial charge is 0.0897 e. The van der Waals surface area contributed by atoms with Crippen molar-refractivity contribution in [2.45, 2.75) is 32.9 Å². The summed E-state index contributed by atoms with van der Waals surface area (Å²) in [5.74, 6) is 3.05. The van der Waals surface area contributed by atoms with E-state index in [2.05, 4.69) is 26.1 Å². The summed E-state index contributed by atoms with van der Waals surface area (Å²) in [4.78, 5) is 0. The van der Waals surface area contributed by atoms with E-state index >= 15 is 0 Å². The molecule has 0 spiro atoms. The molecule has 0 amide bonds. The number of hydrogen-bond acceptors (Lipinski definition) is 4. The van der Waals surface area contributed by atoms with Gasteiger partial charge in [-0.15, -0.1) is 0 Å².